The molecule has 3 N–H and O–H groups in total. The Kier molecular flexibility index (Phi) is 4.90. The fourth-order valence-corrected chi connectivity index (χ4v) is 1.83. The molecular formula is C16H19N3O2. The average molecular weight is 285 g/mol. The number of rotatable bonds is 5. The molecule has 0 unspecified atom stereocenters. The van der Waals surface area contributed by atoms with E-state index in [0.717, 1.165) is 5.56 Å². The van der Waals surface area contributed by atoms with E-state index in [1.807, 2.05) is 44.2 Å². The van der Waals surface area contributed by atoms with Crippen molar-refractivity contribution < 1.29 is 9.53 Å². The van der Waals surface area contributed by atoms with Gasteiger partial charge in [-0.15, -0.1) is 0 Å². The van der Waals surface area contributed by atoms with E-state index in [4.69, 9.17) is 10.5 Å². The second-order valence-corrected chi connectivity index (χ2v) is 4.90. The van der Waals surface area contributed by atoms with Gasteiger partial charge in [-0.1, -0.05) is 30.3 Å². The summed E-state index contributed by atoms with van der Waals surface area (Å²) in [6.45, 7) is 3.80. The van der Waals surface area contributed by atoms with Gasteiger partial charge in [-0.2, -0.15) is 0 Å². The van der Waals surface area contributed by atoms with Crippen LogP contribution in [0.5, 0.6) is 5.88 Å². The van der Waals surface area contributed by atoms with Gasteiger partial charge in [-0.3, -0.25) is 4.79 Å². The van der Waals surface area contributed by atoms with E-state index in [1.165, 1.54) is 0 Å². The summed E-state index contributed by atoms with van der Waals surface area (Å²) < 4.78 is 5.57. The molecule has 0 aliphatic rings. The molecule has 1 aromatic carbocycles. The van der Waals surface area contributed by atoms with E-state index in [0.29, 0.717) is 11.6 Å². The Bertz CT molecular complexity index is 599. The summed E-state index contributed by atoms with van der Waals surface area (Å²) in [5, 5.41) is 2.76. The molecule has 1 aromatic heterocycles. The monoisotopic (exact) mass is 285 g/mol. The fourth-order valence-electron chi connectivity index (χ4n) is 1.83. The van der Waals surface area contributed by atoms with Crippen LogP contribution in [0, 0.1) is 0 Å². The zero-order chi connectivity index (χ0) is 15.2. The predicted molar refractivity (Wildman–Crippen MR) is 82.0 cm³/mol. The Morgan fingerprint density at radius 2 is 1.90 bits per heavy atom. The van der Waals surface area contributed by atoms with Crippen molar-refractivity contribution in [3.63, 3.8) is 0 Å². The Morgan fingerprint density at radius 1 is 1.19 bits per heavy atom. The summed E-state index contributed by atoms with van der Waals surface area (Å²) in [4.78, 5) is 16.4. The van der Waals surface area contributed by atoms with Crippen molar-refractivity contribution in [1.82, 2.24) is 4.98 Å². The quantitative estimate of drug-likeness (QED) is 0.885. The molecule has 21 heavy (non-hydrogen) atoms. The second kappa shape index (κ2) is 6.85. The summed E-state index contributed by atoms with van der Waals surface area (Å²) in [7, 11) is 0. The van der Waals surface area contributed by atoms with Crippen LogP contribution in [0.3, 0.4) is 0 Å². The minimum atomic E-state index is -0.738. The van der Waals surface area contributed by atoms with Gasteiger partial charge in [0.2, 0.25) is 11.8 Å². The number of aromatic nitrogens is 1. The maximum absolute atomic E-state index is 12.2. The first-order valence-corrected chi connectivity index (χ1v) is 6.81. The predicted octanol–water partition coefficient (Wildman–Crippen LogP) is 2.51. The van der Waals surface area contributed by atoms with Crippen LogP contribution in [0.4, 0.5) is 5.69 Å². The number of nitrogens with one attached hydrogen (secondary N) is 1. The first kappa shape index (κ1) is 15.0. The molecule has 1 heterocycles. The van der Waals surface area contributed by atoms with Crippen molar-refractivity contribution in [2.24, 2.45) is 5.73 Å². The number of pyridine rings is 1. The van der Waals surface area contributed by atoms with Crippen LogP contribution in [-0.2, 0) is 4.79 Å². The highest BCUT2D eigenvalue weighted by Crippen LogP contribution is 2.23. The van der Waals surface area contributed by atoms with E-state index in [2.05, 4.69) is 10.3 Å². The average Bonchev–Trinajstić information content (AvgIpc) is 2.49. The lowest BCUT2D eigenvalue weighted by atomic mass is 10.1. The normalized spacial score (nSPS) is 12.0. The van der Waals surface area contributed by atoms with Crippen LogP contribution in [0.25, 0.3) is 0 Å². The zero-order valence-electron chi connectivity index (χ0n) is 12.1. The van der Waals surface area contributed by atoms with Crippen molar-refractivity contribution in [3.8, 4) is 5.88 Å². The number of hydrogen-bond donors (Lipinski definition) is 2. The molecule has 0 aliphatic carbocycles. The highest BCUT2D eigenvalue weighted by Gasteiger charge is 2.17. The van der Waals surface area contributed by atoms with Crippen molar-refractivity contribution in [3.05, 3.63) is 54.2 Å². The van der Waals surface area contributed by atoms with Crippen LogP contribution in [0.15, 0.2) is 48.7 Å². The summed E-state index contributed by atoms with van der Waals surface area (Å²) in [5.41, 5.74) is 7.24. The molecule has 110 valence electrons. The van der Waals surface area contributed by atoms with E-state index in [1.54, 1.807) is 18.3 Å². The maximum Gasteiger partial charge on any atom is 0.246 e. The Hall–Kier alpha value is -2.40. The number of benzene rings is 1. The van der Waals surface area contributed by atoms with E-state index < -0.39 is 6.04 Å². The van der Waals surface area contributed by atoms with Gasteiger partial charge in [-0.05, 0) is 31.5 Å². The van der Waals surface area contributed by atoms with Gasteiger partial charge in [0.05, 0.1) is 6.10 Å². The second-order valence-electron chi connectivity index (χ2n) is 4.90. The van der Waals surface area contributed by atoms with Crippen LogP contribution in [-0.4, -0.2) is 17.0 Å². The first-order valence-electron chi connectivity index (χ1n) is 6.81. The number of carbonyl (C=O) groups is 1. The minimum Gasteiger partial charge on any atom is -0.473 e. The molecule has 2 rings (SSSR count). The van der Waals surface area contributed by atoms with Crippen molar-refractivity contribution >= 4 is 11.6 Å². The molecule has 1 amide bonds. The number of nitrogens with two attached hydrogens (primary N) is 1. The molecular weight excluding hydrogens is 266 g/mol. The van der Waals surface area contributed by atoms with Crippen LogP contribution in [0.2, 0.25) is 0 Å². The van der Waals surface area contributed by atoms with Gasteiger partial charge in [0, 0.05) is 6.20 Å². The van der Waals surface area contributed by atoms with Crippen LogP contribution in [0.1, 0.15) is 25.5 Å². The van der Waals surface area contributed by atoms with Gasteiger partial charge >= 0.3 is 0 Å². The Labute approximate surface area is 124 Å². The van der Waals surface area contributed by atoms with Crippen molar-refractivity contribution in [2.75, 3.05) is 5.32 Å². The smallest absolute Gasteiger partial charge is 0.246 e. The lowest BCUT2D eigenvalue weighted by Crippen LogP contribution is -2.28. The number of hydrogen-bond acceptors (Lipinski definition) is 4. The number of ether oxygens (including phenoxy) is 1. The van der Waals surface area contributed by atoms with Gasteiger partial charge < -0.3 is 15.8 Å². The largest absolute Gasteiger partial charge is 0.473 e. The molecule has 0 bridgehead atoms. The first-order chi connectivity index (χ1) is 10.1. The van der Waals surface area contributed by atoms with Crippen LogP contribution >= 0.6 is 0 Å². The molecule has 0 saturated carbocycles. The van der Waals surface area contributed by atoms with Crippen LogP contribution < -0.4 is 15.8 Å². The molecule has 0 spiro atoms. The molecule has 2 aromatic rings. The van der Waals surface area contributed by atoms with Gasteiger partial charge in [0.15, 0.2) is 0 Å². The third kappa shape index (κ3) is 4.03. The highest BCUT2D eigenvalue weighted by atomic mass is 16.5. The number of nitrogens with zero attached hydrogens (tertiary/aromatic N) is 1. The van der Waals surface area contributed by atoms with Gasteiger partial charge in [0.1, 0.15) is 11.7 Å². The molecule has 5 nitrogen and oxygen atoms in total. The number of carbonyl (C=O) groups excluding carboxylic acids is 1. The lowest BCUT2D eigenvalue weighted by molar-refractivity contribution is -0.117. The molecule has 0 aliphatic heterocycles. The summed E-state index contributed by atoms with van der Waals surface area (Å²) in [5.74, 6) is 0.0870. The van der Waals surface area contributed by atoms with Crippen molar-refractivity contribution in [2.45, 2.75) is 26.0 Å². The Balaban J connectivity index is 2.13. The zero-order valence-corrected chi connectivity index (χ0v) is 12.1. The standard InChI is InChI=1S/C16H19N3O2/c1-11(2)21-16-13(9-6-10-18-16)19-15(20)14(17)12-7-4-3-5-8-12/h3-11,14H,17H2,1-2H3,(H,19,20)/t14-/m0/s1. The highest BCUT2D eigenvalue weighted by molar-refractivity contribution is 5.96. The summed E-state index contributed by atoms with van der Waals surface area (Å²) in [6, 6.07) is 11.9. The van der Waals surface area contributed by atoms with Crippen molar-refractivity contribution in [1.29, 1.82) is 0 Å². The summed E-state index contributed by atoms with van der Waals surface area (Å²) in [6.07, 6.45) is 1.59. The van der Waals surface area contributed by atoms with Gasteiger partial charge in [0.25, 0.3) is 0 Å². The summed E-state index contributed by atoms with van der Waals surface area (Å²) >= 11 is 0. The Morgan fingerprint density at radius 3 is 2.57 bits per heavy atom. The minimum absolute atomic E-state index is 0.0293. The lowest BCUT2D eigenvalue weighted by Gasteiger charge is -2.16. The molecule has 0 radical (unpaired) electrons. The van der Waals surface area contributed by atoms with E-state index in [9.17, 15) is 4.79 Å². The van der Waals surface area contributed by atoms with E-state index in [-0.39, 0.29) is 12.0 Å². The number of amides is 1. The number of anilines is 1. The third-order valence-electron chi connectivity index (χ3n) is 2.82. The topological polar surface area (TPSA) is 77.2 Å². The SMILES string of the molecule is CC(C)Oc1ncccc1NC(=O)[C@@H](N)c1ccccc1. The molecule has 5 heteroatoms. The molecule has 0 saturated heterocycles. The maximum atomic E-state index is 12.2. The molecule has 1 atom stereocenters. The fraction of sp³-hybridized carbons (Fsp3) is 0.250. The molecule has 0 fully saturated rings. The van der Waals surface area contributed by atoms with E-state index >= 15 is 0 Å². The van der Waals surface area contributed by atoms with Gasteiger partial charge in [-0.25, -0.2) is 4.98 Å². The third-order valence-corrected chi connectivity index (χ3v) is 2.82.